The molecule has 0 fully saturated rings. The first-order valence-corrected chi connectivity index (χ1v) is 26.8. The predicted octanol–water partition coefficient (Wildman–Crippen LogP) is 18.5. The summed E-state index contributed by atoms with van der Waals surface area (Å²) < 4.78 is 18.9. The van der Waals surface area contributed by atoms with Crippen LogP contribution in [0, 0.1) is 0 Å². The van der Waals surface area contributed by atoms with Crippen molar-refractivity contribution in [3.63, 3.8) is 0 Å². The molecule has 0 aromatic heterocycles. The van der Waals surface area contributed by atoms with Crippen molar-refractivity contribution in [3.8, 4) is 17.2 Å². The Labute approximate surface area is 457 Å². The van der Waals surface area contributed by atoms with Gasteiger partial charge in [0.15, 0.2) is 0 Å². The van der Waals surface area contributed by atoms with Gasteiger partial charge in [-0.2, -0.15) is 0 Å². The van der Waals surface area contributed by atoms with E-state index in [-0.39, 0.29) is 16.2 Å². The Morgan fingerprint density at radius 3 is 0.632 bits per heavy atom. The molecule has 76 heavy (non-hydrogen) atoms. The first-order valence-electron chi connectivity index (χ1n) is 26.8. The van der Waals surface area contributed by atoms with E-state index in [1.165, 1.54) is 33.4 Å². The lowest BCUT2D eigenvalue weighted by molar-refractivity contribution is 0.247. The van der Waals surface area contributed by atoms with Crippen molar-refractivity contribution in [1.82, 2.24) is 4.90 Å². The quantitative estimate of drug-likeness (QED) is 0.0367. The summed E-state index contributed by atoms with van der Waals surface area (Å²) in [6.45, 7) is 40.0. The lowest BCUT2D eigenvalue weighted by Crippen LogP contribution is -2.24. The molecular weight excluding hydrogens is 927 g/mol. The minimum atomic E-state index is -0.0947. The monoisotopic (exact) mass is 1010 g/mol. The van der Waals surface area contributed by atoms with Crippen LogP contribution in [0.25, 0.3) is 0 Å². The zero-order chi connectivity index (χ0) is 54.1. The zero-order valence-electron chi connectivity index (χ0n) is 45.2. The Kier molecular flexibility index (Phi) is 22.3. The molecule has 0 unspecified atom stereocenters. The van der Waals surface area contributed by atoms with E-state index in [0.29, 0.717) is 19.8 Å². The normalized spacial score (nSPS) is 11.5. The highest BCUT2D eigenvalue weighted by molar-refractivity contribution is 5.38. The van der Waals surface area contributed by atoms with Gasteiger partial charge in [-0.1, -0.05) is 164 Å². The van der Waals surface area contributed by atoms with Crippen LogP contribution in [0.3, 0.4) is 0 Å². The Balaban J connectivity index is 1.12. The maximum Gasteiger partial charge on any atom is 0.119 e. The molecule has 392 valence electrons. The molecule has 4 heteroatoms. The maximum absolute atomic E-state index is 6.30. The van der Waals surface area contributed by atoms with Gasteiger partial charge < -0.3 is 14.2 Å². The van der Waals surface area contributed by atoms with Crippen LogP contribution >= 0.6 is 0 Å². The number of hydrogen-bond acceptors (Lipinski definition) is 4. The fourth-order valence-corrected chi connectivity index (χ4v) is 10.7. The van der Waals surface area contributed by atoms with Crippen LogP contribution in [0.15, 0.2) is 259 Å². The topological polar surface area (TPSA) is 30.9 Å². The summed E-state index contributed by atoms with van der Waals surface area (Å²) in [6, 6.07) is 51.8. The molecular formula is C72H81NO3. The summed E-state index contributed by atoms with van der Waals surface area (Å²) in [6.07, 6.45) is 25.6. The zero-order valence-corrected chi connectivity index (χ0v) is 45.2. The van der Waals surface area contributed by atoms with Crippen LogP contribution in [-0.4, -0.2) is 4.90 Å². The fraction of sp³-hybridized carbons (Fsp3) is 0.250. The Bertz CT molecular complexity index is 2400. The minimum absolute atomic E-state index is 0.0947. The Morgan fingerprint density at radius 1 is 0.263 bits per heavy atom. The molecule has 6 aromatic rings. The van der Waals surface area contributed by atoms with Gasteiger partial charge in [0.1, 0.15) is 37.1 Å². The van der Waals surface area contributed by atoms with E-state index in [4.69, 9.17) is 14.2 Å². The fourth-order valence-electron chi connectivity index (χ4n) is 10.7. The number of ether oxygens (including phenoxy) is 3. The van der Waals surface area contributed by atoms with Crippen LogP contribution < -0.4 is 14.2 Å². The summed E-state index contributed by atoms with van der Waals surface area (Å²) >= 11 is 0. The van der Waals surface area contributed by atoms with Crippen molar-refractivity contribution in [3.05, 3.63) is 310 Å². The molecule has 4 nitrogen and oxygen atoms in total. The van der Waals surface area contributed by atoms with Crippen molar-refractivity contribution < 1.29 is 14.2 Å². The average Bonchev–Trinajstić information content (AvgIpc) is 3.44. The maximum atomic E-state index is 6.30. The lowest BCUT2D eigenvalue weighted by atomic mass is 9.72. The first kappa shape index (κ1) is 57.6. The molecule has 0 saturated carbocycles. The summed E-state index contributed by atoms with van der Waals surface area (Å²) in [4.78, 5) is 2.49. The molecule has 0 atom stereocenters. The van der Waals surface area contributed by atoms with Gasteiger partial charge in [0, 0.05) is 35.9 Å². The molecule has 0 amide bonds. The summed E-state index contributed by atoms with van der Waals surface area (Å²) in [5.74, 6) is 2.52. The van der Waals surface area contributed by atoms with Gasteiger partial charge in [-0.25, -0.2) is 0 Å². The molecule has 0 aliphatic rings. The molecule has 0 bridgehead atoms. The van der Waals surface area contributed by atoms with Crippen LogP contribution in [-0.2, 0) is 55.7 Å². The number of hydrogen-bond donors (Lipinski definition) is 0. The SMILES string of the molecule is C=CCC(CC=C)(CC=C)c1ccc(OCc2ccc(CN(Cc3ccc(COc4ccc(C(CC=C)(CC=C)CC=C)cc4)cc3)Cc3ccc(COc4ccc(C(CC=C)(CC=C)CC=C)cc4)cc3)cc2)cc1. The third kappa shape index (κ3) is 15.9. The summed E-state index contributed by atoms with van der Waals surface area (Å²) in [5, 5.41) is 0. The largest absolute Gasteiger partial charge is 0.489 e. The van der Waals surface area contributed by atoms with Crippen molar-refractivity contribution in [2.24, 2.45) is 0 Å². The van der Waals surface area contributed by atoms with Gasteiger partial charge in [0.2, 0.25) is 0 Å². The number of benzene rings is 6. The number of nitrogens with zero attached hydrogens (tertiary/aromatic N) is 1. The second kappa shape index (κ2) is 29.4. The molecule has 0 N–H and O–H groups in total. The van der Waals surface area contributed by atoms with Crippen molar-refractivity contribution in [1.29, 1.82) is 0 Å². The standard InChI is InChI=1S/C72H81NO3/c1-10-43-70(44-11-2,45-12-3)64-31-37-67(38-32-64)74-55-61-25-19-58(20-26-61)52-73(53-59-21-27-62(28-22-59)56-75-68-39-33-65(34-40-68)71(46-13-4,47-14-5)48-15-6)54-60-23-29-63(30-24-60)57-76-69-41-35-66(36-42-69)72(49-16-7,50-17-8)51-18-9/h10-42H,1-9,43-57H2. The van der Waals surface area contributed by atoms with E-state index in [2.05, 4.69) is 210 Å². The van der Waals surface area contributed by atoms with Gasteiger partial charge in [-0.3, -0.25) is 4.90 Å². The highest BCUT2D eigenvalue weighted by Crippen LogP contribution is 2.40. The minimum Gasteiger partial charge on any atom is -0.489 e. The van der Waals surface area contributed by atoms with Crippen LogP contribution in [0.1, 0.15) is 108 Å². The predicted molar refractivity (Wildman–Crippen MR) is 323 cm³/mol. The molecule has 0 aliphatic heterocycles. The van der Waals surface area contributed by atoms with E-state index in [1.807, 2.05) is 54.7 Å². The molecule has 0 aliphatic carbocycles. The lowest BCUT2D eigenvalue weighted by Gasteiger charge is -2.32. The van der Waals surface area contributed by atoms with Crippen molar-refractivity contribution >= 4 is 0 Å². The van der Waals surface area contributed by atoms with Crippen molar-refractivity contribution in [2.45, 2.75) is 113 Å². The van der Waals surface area contributed by atoms with Crippen molar-refractivity contribution in [2.75, 3.05) is 0 Å². The molecule has 6 aromatic carbocycles. The highest BCUT2D eigenvalue weighted by Gasteiger charge is 2.30. The Morgan fingerprint density at radius 2 is 0.447 bits per heavy atom. The molecule has 0 spiro atoms. The van der Waals surface area contributed by atoms with E-state index in [0.717, 1.165) is 111 Å². The number of rotatable bonds is 36. The third-order valence-electron chi connectivity index (χ3n) is 14.7. The van der Waals surface area contributed by atoms with E-state index in [1.54, 1.807) is 0 Å². The second-order valence-electron chi connectivity index (χ2n) is 20.3. The van der Waals surface area contributed by atoms with E-state index >= 15 is 0 Å². The molecule has 6 rings (SSSR count). The first-order chi connectivity index (χ1) is 37.1. The second-order valence-corrected chi connectivity index (χ2v) is 20.3. The average molecular weight is 1010 g/mol. The number of allylic oxidation sites excluding steroid dienone is 9. The van der Waals surface area contributed by atoms with Gasteiger partial charge in [-0.15, -0.1) is 59.2 Å². The third-order valence-corrected chi connectivity index (χ3v) is 14.7. The van der Waals surface area contributed by atoms with E-state index < -0.39 is 0 Å². The van der Waals surface area contributed by atoms with E-state index in [9.17, 15) is 0 Å². The molecule has 0 radical (unpaired) electrons. The smallest absolute Gasteiger partial charge is 0.119 e. The highest BCUT2D eigenvalue weighted by atomic mass is 16.5. The van der Waals surface area contributed by atoms with Gasteiger partial charge in [-0.05, 0) is 144 Å². The van der Waals surface area contributed by atoms with Gasteiger partial charge in [0.25, 0.3) is 0 Å². The molecule has 0 saturated heterocycles. The summed E-state index contributed by atoms with van der Waals surface area (Å²) in [7, 11) is 0. The van der Waals surface area contributed by atoms with Crippen LogP contribution in [0.2, 0.25) is 0 Å². The van der Waals surface area contributed by atoms with Crippen LogP contribution in [0.4, 0.5) is 0 Å². The Hall–Kier alpha value is -7.66. The summed E-state index contributed by atoms with van der Waals surface area (Å²) in [5.41, 5.74) is 10.5. The van der Waals surface area contributed by atoms with Gasteiger partial charge >= 0.3 is 0 Å². The van der Waals surface area contributed by atoms with Gasteiger partial charge in [0.05, 0.1) is 0 Å². The van der Waals surface area contributed by atoms with Crippen LogP contribution in [0.5, 0.6) is 17.2 Å². The molecule has 0 heterocycles.